The van der Waals surface area contributed by atoms with Crippen LogP contribution in [0.4, 0.5) is 0 Å². The number of rotatable bonds is 3. The van der Waals surface area contributed by atoms with E-state index < -0.39 is 12.1 Å². The molecular weight excluding hydrogens is 131 g/mol. The maximum absolute atomic E-state index is 9.64. The van der Waals surface area contributed by atoms with E-state index in [-0.39, 0.29) is 12.3 Å². The summed E-state index contributed by atoms with van der Waals surface area (Å²) in [5, 5.41) is 18.1. The van der Waals surface area contributed by atoms with Gasteiger partial charge in [-0.3, -0.25) is 0 Å². The molecule has 0 aliphatic heterocycles. The number of carboxylic acids is 1. The number of alkyl halides is 1. The van der Waals surface area contributed by atoms with Crippen molar-refractivity contribution in [3.63, 3.8) is 0 Å². The summed E-state index contributed by atoms with van der Waals surface area (Å²) in [6.07, 6.45) is -1.36. The van der Waals surface area contributed by atoms with Gasteiger partial charge >= 0.3 is 0 Å². The first-order valence-electron chi connectivity index (χ1n) is 2.10. The van der Waals surface area contributed by atoms with Crippen molar-refractivity contribution in [2.45, 2.75) is 12.5 Å². The smallest absolute Gasteiger partial charge is 0.0727 e. The summed E-state index contributed by atoms with van der Waals surface area (Å²) in [7, 11) is 0. The van der Waals surface area contributed by atoms with Crippen molar-refractivity contribution in [1.29, 1.82) is 0 Å². The summed E-state index contributed by atoms with van der Waals surface area (Å²) < 4.78 is 0. The van der Waals surface area contributed by atoms with Gasteiger partial charge in [0.25, 0.3) is 0 Å². The molecule has 1 unspecified atom stereocenters. The van der Waals surface area contributed by atoms with Crippen molar-refractivity contribution in [1.82, 2.24) is 0 Å². The predicted molar refractivity (Wildman–Crippen MR) is 26.4 cm³/mol. The standard InChI is InChI=1S/C4H7ClO3/c5-2-3(6)1-4(7)8/h3,6H,1-2H2,(H,7,8)/p-1. The lowest BCUT2D eigenvalue weighted by molar-refractivity contribution is -0.307. The second-order valence-electron chi connectivity index (χ2n) is 1.38. The van der Waals surface area contributed by atoms with E-state index in [2.05, 4.69) is 0 Å². The summed E-state index contributed by atoms with van der Waals surface area (Å²) in [5.74, 6) is -1.34. The number of aliphatic hydroxyl groups excluding tert-OH is 1. The van der Waals surface area contributed by atoms with E-state index in [0.29, 0.717) is 0 Å². The first kappa shape index (κ1) is 7.72. The Balaban J connectivity index is 3.24. The van der Waals surface area contributed by atoms with Crippen molar-refractivity contribution in [3.05, 3.63) is 0 Å². The van der Waals surface area contributed by atoms with E-state index in [1.165, 1.54) is 0 Å². The minimum Gasteiger partial charge on any atom is -0.550 e. The predicted octanol–water partition coefficient (Wildman–Crippen LogP) is -1.27. The molecule has 0 spiro atoms. The molecule has 0 aliphatic carbocycles. The van der Waals surface area contributed by atoms with Crippen LogP contribution in [-0.4, -0.2) is 23.1 Å². The van der Waals surface area contributed by atoms with E-state index >= 15 is 0 Å². The van der Waals surface area contributed by atoms with Crippen LogP contribution in [0.2, 0.25) is 0 Å². The molecule has 0 heterocycles. The third kappa shape index (κ3) is 3.89. The molecule has 0 radical (unpaired) electrons. The molecule has 0 aliphatic rings. The maximum atomic E-state index is 9.64. The highest BCUT2D eigenvalue weighted by molar-refractivity contribution is 6.18. The summed E-state index contributed by atoms with van der Waals surface area (Å²) in [6.45, 7) is 0. The number of carboxylic acid groups (broad SMARTS) is 1. The van der Waals surface area contributed by atoms with Gasteiger partial charge in [0.1, 0.15) is 0 Å². The molecule has 0 saturated carbocycles. The molecular formula is C4H6ClO3-. The van der Waals surface area contributed by atoms with Gasteiger partial charge in [-0.25, -0.2) is 0 Å². The van der Waals surface area contributed by atoms with Gasteiger partial charge in [0.15, 0.2) is 0 Å². The molecule has 0 amide bonds. The Labute approximate surface area is 51.9 Å². The molecule has 0 aromatic carbocycles. The van der Waals surface area contributed by atoms with E-state index in [1.54, 1.807) is 0 Å². The largest absolute Gasteiger partial charge is 0.550 e. The fourth-order valence-electron chi connectivity index (χ4n) is 0.247. The lowest BCUT2D eigenvalue weighted by atomic mass is 10.3. The molecule has 0 aromatic rings. The lowest BCUT2D eigenvalue weighted by Crippen LogP contribution is -2.27. The number of hydrogen-bond donors (Lipinski definition) is 1. The highest BCUT2D eigenvalue weighted by Crippen LogP contribution is 1.91. The lowest BCUT2D eigenvalue weighted by Gasteiger charge is -2.04. The summed E-state index contributed by atoms with van der Waals surface area (Å²) in [4.78, 5) is 9.64. The minimum absolute atomic E-state index is 0.0615. The number of halogens is 1. The van der Waals surface area contributed by atoms with E-state index in [9.17, 15) is 9.90 Å². The zero-order chi connectivity index (χ0) is 6.57. The third-order valence-corrected chi connectivity index (χ3v) is 0.937. The monoisotopic (exact) mass is 137 g/mol. The minimum atomic E-state index is -1.28. The Hall–Kier alpha value is -0.280. The third-order valence-electron chi connectivity index (χ3n) is 0.580. The van der Waals surface area contributed by atoms with Crippen molar-refractivity contribution in [2.75, 3.05) is 5.88 Å². The summed E-state index contributed by atoms with van der Waals surface area (Å²) in [5.41, 5.74) is 0. The Morgan fingerprint density at radius 1 is 1.88 bits per heavy atom. The van der Waals surface area contributed by atoms with Crippen LogP contribution in [0.5, 0.6) is 0 Å². The maximum Gasteiger partial charge on any atom is 0.0727 e. The van der Waals surface area contributed by atoms with Crippen LogP contribution in [0, 0.1) is 0 Å². The first-order chi connectivity index (χ1) is 3.66. The fraction of sp³-hybridized carbons (Fsp3) is 0.750. The van der Waals surface area contributed by atoms with Crippen LogP contribution >= 0.6 is 11.6 Å². The van der Waals surface area contributed by atoms with Gasteiger partial charge in [0, 0.05) is 18.3 Å². The van der Waals surface area contributed by atoms with E-state index in [4.69, 9.17) is 16.7 Å². The summed E-state index contributed by atoms with van der Waals surface area (Å²) >= 11 is 5.05. The van der Waals surface area contributed by atoms with Gasteiger partial charge in [-0.05, 0) is 0 Å². The van der Waals surface area contributed by atoms with Crippen LogP contribution in [0.15, 0.2) is 0 Å². The Morgan fingerprint density at radius 3 is 2.50 bits per heavy atom. The molecule has 0 fully saturated rings. The van der Waals surface area contributed by atoms with E-state index in [0.717, 1.165) is 0 Å². The second-order valence-corrected chi connectivity index (χ2v) is 1.69. The summed E-state index contributed by atoms with van der Waals surface area (Å²) in [6, 6.07) is 0. The quantitative estimate of drug-likeness (QED) is 0.494. The molecule has 0 rings (SSSR count). The number of aliphatic hydroxyl groups is 1. The molecule has 4 heteroatoms. The molecule has 8 heavy (non-hydrogen) atoms. The van der Waals surface area contributed by atoms with E-state index in [1.807, 2.05) is 0 Å². The molecule has 1 atom stereocenters. The van der Waals surface area contributed by atoms with Gasteiger partial charge < -0.3 is 15.0 Å². The zero-order valence-corrected chi connectivity index (χ0v) is 4.89. The van der Waals surface area contributed by atoms with Crippen LogP contribution in [0.1, 0.15) is 6.42 Å². The zero-order valence-electron chi connectivity index (χ0n) is 4.13. The molecule has 1 N–H and O–H groups in total. The van der Waals surface area contributed by atoms with Crippen molar-refractivity contribution < 1.29 is 15.0 Å². The van der Waals surface area contributed by atoms with Crippen molar-refractivity contribution in [3.8, 4) is 0 Å². The number of hydrogen-bond acceptors (Lipinski definition) is 3. The normalized spacial score (nSPS) is 13.2. The molecule has 0 saturated heterocycles. The number of carbonyl (C=O) groups excluding carboxylic acids is 1. The average molecular weight is 138 g/mol. The van der Waals surface area contributed by atoms with Crippen LogP contribution in [0.25, 0.3) is 0 Å². The fourth-order valence-corrected chi connectivity index (χ4v) is 0.356. The first-order valence-corrected chi connectivity index (χ1v) is 2.64. The topological polar surface area (TPSA) is 60.4 Å². The number of aliphatic carboxylic acids is 1. The molecule has 3 nitrogen and oxygen atoms in total. The molecule has 0 aromatic heterocycles. The Morgan fingerprint density at radius 2 is 2.38 bits per heavy atom. The molecule has 48 valence electrons. The Kier molecular flexibility index (Phi) is 3.56. The van der Waals surface area contributed by atoms with Crippen molar-refractivity contribution >= 4 is 17.6 Å². The van der Waals surface area contributed by atoms with Crippen LogP contribution in [0.3, 0.4) is 0 Å². The highest BCUT2D eigenvalue weighted by atomic mass is 35.5. The SMILES string of the molecule is O=C([O-])CC(O)CCl. The average Bonchev–Trinajstić information content (AvgIpc) is 1.65. The van der Waals surface area contributed by atoms with Crippen molar-refractivity contribution in [2.24, 2.45) is 0 Å². The van der Waals surface area contributed by atoms with Gasteiger partial charge in [-0.1, -0.05) is 0 Å². The molecule has 0 bridgehead atoms. The van der Waals surface area contributed by atoms with Gasteiger partial charge in [0.2, 0.25) is 0 Å². The highest BCUT2D eigenvalue weighted by Gasteiger charge is 1.99. The van der Waals surface area contributed by atoms with Crippen LogP contribution < -0.4 is 5.11 Å². The Bertz CT molecular complexity index is 83.4. The second kappa shape index (κ2) is 3.69. The number of carbonyl (C=O) groups is 1. The van der Waals surface area contributed by atoms with Gasteiger partial charge in [-0.15, -0.1) is 11.6 Å². The van der Waals surface area contributed by atoms with Crippen LogP contribution in [-0.2, 0) is 4.79 Å². The van der Waals surface area contributed by atoms with Gasteiger partial charge in [0.05, 0.1) is 6.10 Å². The van der Waals surface area contributed by atoms with Gasteiger partial charge in [-0.2, -0.15) is 0 Å².